The molecule has 0 saturated carbocycles. The average Bonchev–Trinajstić information content (AvgIpc) is 2.56. The van der Waals surface area contributed by atoms with Gasteiger partial charge in [-0.05, 0) is 29.8 Å². The van der Waals surface area contributed by atoms with Gasteiger partial charge in [0, 0.05) is 16.7 Å². The third-order valence-corrected chi connectivity index (χ3v) is 3.12. The van der Waals surface area contributed by atoms with E-state index in [0.717, 1.165) is 5.56 Å². The van der Waals surface area contributed by atoms with Crippen LogP contribution in [0.5, 0.6) is 11.5 Å². The van der Waals surface area contributed by atoms with Gasteiger partial charge in [0.05, 0.1) is 20.4 Å². The van der Waals surface area contributed by atoms with Crippen molar-refractivity contribution >= 4 is 23.7 Å². The summed E-state index contributed by atoms with van der Waals surface area (Å²) in [5.41, 5.74) is 3.67. The number of methoxy groups -OCH3 is 2. The molecular weight excluding hydrogens is 304 g/mol. The lowest BCUT2D eigenvalue weighted by Gasteiger charge is -2.07. The third kappa shape index (κ3) is 4.23. The lowest BCUT2D eigenvalue weighted by Crippen LogP contribution is -2.17. The zero-order valence-electron chi connectivity index (χ0n) is 12.2. The van der Waals surface area contributed by atoms with Crippen LogP contribution in [0.15, 0.2) is 47.6 Å². The Morgan fingerprint density at radius 2 is 1.68 bits per heavy atom. The van der Waals surface area contributed by atoms with Crippen molar-refractivity contribution in [3.05, 3.63) is 58.6 Å². The van der Waals surface area contributed by atoms with Gasteiger partial charge in [0.15, 0.2) is 0 Å². The van der Waals surface area contributed by atoms with Gasteiger partial charge in [-0.3, -0.25) is 4.79 Å². The first-order chi connectivity index (χ1) is 10.6. The summed E-state index contributed by atoms with van der Waals surface area (Å²) in [5, 5.41) is 4.55. The Bertz CT molecular complexity index is 662. The second-order valence-corrected chi connectivity index (χ2v) is 4.79. The van der Waals surface area contributed by atoms with E-state index in [9.17, 15) is 4.79 Å². The molecule has 2 aromatic rings. The van der Waals surface area contributed by atoms with Crippen LogP contribution in [0, 0.1) is 0 Å². The lowest BCUT2D eigenvalue weighted by atomic mass is 10.2. The van der Waals surface area contributed by atoms with Crippen LogP contribution in [0.4, 0.5) is 0 Å². The van der Waals surface area contributed by atoms with Crippen LogP contribution in [-0.2, 0) is 0 Å². The first-order valence-corrected chi connectivity index (χ1v) is 6.82. The fraction of sp³-hybridized carbons (Fsp3) is 0.125. The van der Waals surface area contributed by atoms with Crippen molar-refractivity contribution in [2.45, 2.75) is 0 Å². The Hall–Kier alpha value is -2.53. The highest BCUT2D eigenvalue weighted by molar-refractivity contribution is 6.30. The fourth-order valence-electron chi connectivity index (χ4n) is 1.72. The van der Waals surface area contributed by atoms with E-state index in [4.69, 9.17) is 21.1 Å². The smallest absolute Gasteiger partial charge is 0.271 e. The molecule has 0 fully saturated rings. The van der Waals surface area contributed by atoms with E-state index in [2.05, 4.69) is 10.5 Å². The van der Waals surface area contributed by atoms with E-state index >= 15 is 0 Å². The number of hydrazone groups is 1. The van der Waals surface area contributed by atoms with Gasteiger partial charge in [-0.2, -0.15) is 5.10 Å². The molecule has 1 amide bonds. The fourth-order valence-corrected chi connectivity index (χ4v) is 1.84. The summed E-state index contributed by atoms with van der Waals surface area (Å²) in [5.74, 6) is 0.708. The Kier molecular flexibility index (Phi) is 5.38. The molecule has 0 aliphatic carbocycles. The molecule has 5 nitrogen and oxygen atoms in total. The molecule has 0 unspecified atom stereocenters. The summed E-state index contributed by atoms with van der Waals surface area (Å²) in [7, 11) is 3.05. The topological polar surface area (TPSA) is 59.9 Å². The third-order valence-electron chi connectivity index (χ3n) is 2.86. The number of halogens is 1. The Morgan fingerprint density at radius 3 is 2.23 bits per heavy atom. The van der Waals surface area contributed by atoms with Gasteiger partial charge in [-0.15, -0.1) is 0 Å². The number of hydrogen-bond acceptors (Lipinski definition) is 4. The number of carbonyl (C=O) groups excluding carboxylic acids is 1. The van der Waals surface area contributed by atoms with Crippen LogP contribution in [0.3, 0.4) is 0 Å². The van der Waals surface area contributed by atoms with Crippen LogP contribution in [0.25, 0.3) is 0 Å². The first kappa shape index (κ1) is 15.9. The van der Waals surface area contributed by atoms with Crippen molar-refractivity contribution in [3.63, 3.8) is 0 Å². The van der Waals surface area contributed by atoms with Crippen LogP contribution in [0.2, 0.25) is 5.02 Å². The number of nitrogens with one attached hydrogen (secondary N) is 1. The van der Waals surface area contributed by atoms with Crippen LogP contribution < -0.4 is 14.9 Å². The molecule has 0 heterocycles. The summed E-state index contributed by atoms with van der Waals surface area (Å²) in [6.07, 6.45) is 1.53. The Labute approximate surface area is 133 Å². The zero-order valence-corrected chi connectivity index (χ0v) is 12.9. The van der Waals surface area contributed by atoms with Crippen molar-refractivity contribution in [3.8, 4) is 11.5 Å². The van der Waals surface area contributed by atoms with E-state index in [1.165, 1.54) is 20.4 Å². The van der Waals surface area contributed by atoms with Crippen molar-refractivity contribution in [1.29, 1.82) is 0 Å². The molecule has 22 heavy (non-hydrogen) atoms. The maximum atomic E-state index is 12.1. The van der Waals surface area contributed by atoms with E-state index in [-0.39, 0.29) is 5.91 Å². The number of hydrogen-bond donors (Lipinski definition) is 1. The van der Waals surface area contributed by atoms with Gasteiger partial charge in [0.25, 0.3) is 5.91 Å². The predicted octanol–water partition coefficient (Wildman–Crippen LogP) is 3.12. The largest absolute Gasteiger partial charge is 0.497 e. The molecule has 114 valence electrons. The standard InChI is InChI=1S/C16H15ClN2O3/c1-21-14-7-12(8-15(9-14)22-2)16(20)19-18-10-11-3-5-13(17)6-4-11/h3-10H,1-2H3,(H,19,20)/b18-10-. The van der Waals surface area contributed by atoms with Gasteiger partial charge < -0.3 is 9.47 Å². The molecule has 0 spiro atoms. The zero-order chi connectivity index (χ0) is 15.9. The van der Waals surface area contributed by atoms with Crippen LogP contribution in [0.1, 0.15) is 15.9 Å². The monoisotopic (exact) mass is 318 g/mol. The maximum absolute atomic E-state index is 12.1. The number of ether oxygens (including phenoxy) is 2. The summed E-state index contributed by atoms with van der Waals surface area (Å²) in [6, 6.07) is 12.0. The van der Waals surface area contributed by atoms with Crippen molar-refractivity contribution in [1.82, 2.24) is 5.43 Å². The Balaban J connectivity index is 2.07. The second kappa shape index (κ2) is 7.47. The molecule has 0 aliphatic rings. The number of benzene rings is 2. The molecule has 0 aromatic heterocycles. The molecule has 0 bridgehead atoms. The molecule has 1 N–H and O–H groups in total. The number of nitrogens with zero attached hydrogens (tertiary/aromatic N) is 1. The summed E-state index contributed by atoms with van der Waals surface area (Å²) in [4.78, 5) is 12.1. The quantitative estimate of drug-likeness (QED) is 0.680. The second-order valence-electron chi connectivity index (χ2n) is 4.35. The lowest BCUT2D eigenvalue weighted by molar-refractivity contribution is 0.0954. The maximum Gasteiger partial charge on any atom is 0.271 e. The van der Waals surface area contributed by atoms with E-state index in [1.807, 2.05) is 0 Å². The van der Waals surface area contributed by atoms with E-state index < -0.39 is 0 Å². The highest BCUT2D eigenvalue weighted by Crippen LogP contribution is 2.22. The number of amides is 1. The first-order valence-electron chi connectivity index (χ1n) is 6.44. The molecule has 0 radical (unpaired) electrons. The van der Waals surface area contributed by atoms with E-state index in [1.54, 1.807) is 42.5 Å². The summed E-state index contributed by atoms with van der Waals surface area (Å²) in [6.45, 7) is 0. The number of carbonyl (C=O) groups is 1. The molecule has 2 aromatic carbocycles. The normalized spacial score (nSPS) is 10.5. The minimum absolute atomic E-state index is 0.359. The highest BCUT2D eigenvalue weighted by Gasteiger charge is 2.08. The van der Waals surface area contributed by atoms with Crippen molar-refractivity contribution in [2.24, 2.45) is 5.10 Å². The minimum Gasteiger partial charge on any atom is -0.497 e. The molecule has 0 aliphatic heterocycles. The summed E-state index contributed by atoms with van der Waals surface area (Å²) >= 11 is 5.80. The minimum atomic E-state index is -0.359. The van der Waals surface area contributed by atoms with Gasteiger partial charge in [-0.1, -0.05) is 23.7 Å². The van der Waals surface area contributed by atoms with Gasteiger partial charge >= 0.3 is 0 Å². The average molecular weight is 319 g/mol. The number of rotatable bonds is 5. The SMILES string of the molecule is COc1cc(OC)cc(C(=O)N/N=C\c2ccc(Cl)cc2)c1. The molecule has 2 rings (SSSR count). The van der Waals surface area contributed by atoms with Crippen molar-refractivity contribution in [2.75, 3.05) is 14.2 Å². The molecule has 0 saturated heterocycles. The van der Waals surface area contributed by atoms with Gasteiger partial charge in [-0.25, -0.2) is 5.43 Å². The van der Waals surface area contributed by atoms with Gasteiger partial charge in [0.1, 0.15) is 11.5 Å². The van der Waals surface area contributed by atoms with E-state index in [0.29, 0.717) is 22.1 Å². The highest BCUT2D eigenvalue weighted by atomic mass is 35.5. The summed E-state index contributed by atoms with van der Waals surface area (Å²) < 4.78 is 10.2. The van der Waals surface area contributed by atoms with Gasteiger partial charge in [0.2, 0.25) is 0 Å². The Morgan fingerprint density at radius 1 is 1.09 bits per heavy atom. The van der Waals surface area contributed by atoms with Crippen LogP contribution >= 0.6 is 11.6 Å². The molecule has 0 atom stereocenters. The molecular formula is C16H15ClN2O3. The van der Waals surface area contributed by atoms with Crippen LogP contribution in [-0.4, -0.2) is 26.3 Å². The van der Waals surface area contributed by atoms with Crippen molar-refractivity contribution < 1.29 is 14.3 Å². The predicted molar refractivity (Wildman–Crippen MR) is 86.1 cm³/mol. The molecule has 6 heteroatoms.